The highest BCUT2D eigenvalue weighted by Gasteiger charge is 2.24. The third kappa shape index (κ3) is 3.64. The number of anilines is 1. The molecule has 0 radical (unpaired) electrons. The summed E-state index contributed by atoms with van der Waals surface area (Å²) in [4.78, 5) is 22.3. The highest BCUT2D eigenvalue weighted by atomic mass is 16.6. The minimum absolute atomic E-state index is 0.0238. The first kappa shape index (κ1) is 15.8. The molecule has 0 heterocycles. The third-order valence-electron chi connectivity index (χ3n) is 2.86. The van der Waals surface area contributed by atoms with Crippen LogP contribution in [0.25, 0.3) is 0 Å². The molecule has 0 unspecified atom stereocenters. The first-order chi connectivity index (χ1) is 9.38. The molecule has 0 spiro atoms. The smallest absolute Gasteiger partial charge is 0.299 e. The highest BCUT2D eigenvalue weighted by Crippen LogP contribution is 2.33. The average molecular weight is 283 g/mol. The van der Waals surface area contributed by atoms with Crippen molar-refractivity contribution < 1.29 is 15.0 Å². The van der Waals surface area contributed by atoms with Crippen LogP contribution in [0.1, 0.15) is 20.3 Å². The first-order valence-electron chi connectivity index (χ1n) is 6.18. The van der Waals surface area contributed by atoms with E-state index in [0.717, 1.165) is 6.07 Å². The van der Waals surface area contributed by atoms with Crippen molar-refractivity contribution in [3.05, 3.63) is 38.4 Å². The van der Waals surface area contributed by atoms with Gasteiger partial charge in [0.2, 0.25) is 0 Å². The van der Waals surface area contributed by atoms with E-state index in [1.165, 1.54) is 12.1 Å². The molecule has 8 heteroatoms. The molecule has 0 atom stereocenters. The van der Waals surface area contributed by atoms with Crippen molar-refractivity contribution in [1.82, 2.24) is 0 Å². The van der Waals surface area contributed by atoms with Crippen LogP contribution in [-0.4, -0.2) is 34.1 Å². The van der Waals surface area contributed by atoms with Gasteiger partial charge >= 0.3 is 0 Å². The molecule has 0 aliphatic carbocycles. The summed E-state index contributed by atoms with van der Waals surface area (Å²) in [7, 11) is 0. The Morgan fingerprint density at radius 1 is 1.25 bits per heavy atom. The Morgan fingerprint density at radius 3 is 2.35 bits per heavy atom. The van der Waals surface area contributed by atoms with Crippen molar-refractivity contribution in [3.8, 4) is 0 Å². The van der Waals surface area contributed by atoms with Gasteiger partial charge in [0.15, 0.2) is 0 Å². The van der Waals surface area contributed by atoms with Crippen LogP contribution in [0, 0.1) is 20.2 Å². The average Bonchev–Trinajstić information content (AvgIpc) is 2.38. The second kappa shape index (κ2) is 6.80. The normalized spacial score (nSPS) is 10.6. The van der Waals surface area contributed by atoms with Crippen molar-refractivity contribution in [1.29, 1.82) is 0 Å². The van der Waals surface area contributed by atoms with Gasteiger partial charge in [-0.3, -0.25) is 20.2 Å². The van der Waals surface area contributed by atoms with Crippen LogP contribution in [0.4, 0.5) is 17.1 Å². The van der Waals surface area contributed by atoms with Gasteiger partial charge in [-0.2, -0.15) is 0 Å². The van der Waals surface area contributed by atoms with Crippen molar-refractivity contribution in [2.45, 2.75) is 26.3 Å². The second-order valence-corrected chi connectivity index (χ2v) is 4.55. The number of nitro groups is 2. The molecule has 1 rings (SSSR count). The molecule has 0 aliphatic rings. The number of hydrogen-bond acceptors (Lipinski definition) is 6. The largest absolute Gasteiger partial charge is 0.396 e. The van der Waals surface area contributed by atoms with E-state index in [9.17, 15) is 20.2 Å². The van der Waals surface area contributed by atoms with E-state index in [-0.39, 0.29) is 24.0 Å². The standard InChI is InChI=1S/C12H17N3O5/c1-9(2)13(6-3-7-16)11-5-4-10(14(17)18)8-12(11)15(19)20/h4-5,8-9,16H,3,6-7H2,1-2H3. The predicted octanol–water partition coefficient (Wildman–Crippen LogP) is 2.10. The molecule has 8 nitrogen and oxygen atoms in total. The van der Waals surface area contributed by atoms with Gasteiger partial charge in [-0.15, -0.1) is 0 Å². The number of rotatable bonds is 7. The monoisotopic (exact) mass is 283 g/mol. The molecule has 110 valence electrons. The van der Waals surface area contributed by atoms with E-state index < -0.39 is 9.85 Å². The van der Waals surface area contributed by atoms with E-state index in [1.807, 2.05) is 13.8 Å². The third-order valence-corrected chi connectivity index (χ3v) is 2.86. The molecule has 1 aromatic rings. The van der Waals surface area contributed by atoms with Crippen LogP contribution in [-0.2, 0) is 0 Å². The molecular formula is C12H17N3O5. The minimum Gasteiger partial charge on any atom is -0.396 e. The van der Waals surface area contributed by atoms with Crippen molar-refractivity contribution in [2.75, 3.05) is 18.1 Å². The molecule has 1 N–H and O–H groups in total. The summed E-state index contributed by atoms with van der Waals surface area (Å²) in [5, 5.41) is 30.7. The van der Waals surface area contributed by atoms with Crippen molar-refractivity contribution in [2.24, 2.45) is 0 Å². The van der Waals surface area contributed by atoms with Crippen molar-refractivity contribution in [3.63, 3.8) is 0 Å². The number of benzene rings is 1. The lowest BCUT2D eigenvalue weighted by Crippen LogP contribution is -2.32. The summed E-state index contributed by atoms with van der Waals surface area (Å²) in [6.07, 6.45) is 0.465. The fourth-order valence-electron chi connectivity index (χ4n) is 1.91. The number of nitro benzene ring substituents is 2. The van der Waals surface area contributed by atoms with Crippen LogP contribution in [0.15, 0.2) is 18.2 Å². The zero-order chi connectivity index (χ0) is 15.3. The van der Waals surface area contributed by atoms with Gasteiger partial charge in [-0.25, -0.2) is 0 Å². The lowest BCUT2D eigenvalue weighted by Gasteiger charge is -2.28. The van der Waals surface area contributed by atoms with Crippen molar-refractivity contribution >= 4 is 17.1 Å². The Balaban J connectivity index is 3.26. The quantitative estimate of drug-likeness (QED) is 0.606. The summed E-state index contributed by atoms with van der Waals surface area (Å²) < 4.78 is 0. The fourth-order valence-corrected chi connectivity index (χ4v) is 1.91. The number of nitrogens with zero attached hydrogens (tertiary/aromatic N) is 3. The molecular weight excluding hydrogens is 266 g/mol. The minimum atomic E-state index is -0.662. The topological polar surface area (TPSA) is 110 Å². The van der Waals surface area contributed by atoms with Crippen LogP contribution < -0.4 is 4.90 Å². The second-order valence-electron chi connectivity index (χ2n) is 4.55. The molecule has 1 aromatic carbocycles. The molecule has 0 fully saturated rings. The van der Waals surface area contributed by atoms with Crippen LogP contribution in [0.5, 0.6) is 0 Å². The summed E-state index contributed by atoms with van der Waals surface area (Å²) in [6.45, 7) is 4.14. The van der Waals surface area contributed by atoms with E-state index >= 15 is 0 Å². The Bertz CT molecular complexity index is 504. The Morgan fingerprint density at radius 2 is 1.90 bits per heavy atom. The molecule has 0 saturated heterocycles. The van der Waals surface area contributed by atoms with E-state index in [4.69, 9.17) is 5.11 Å². The van der Waals surface area contributed by atoms with Gasteiger partial charge in [0.1, 0.15) is 5.69 Å². The lowest BCUT2D eigenvalue weighted by molar-refractivity contribution is -0.393. The molecule has 0 amide bonds. The van der Waals surface area contributed by atoms with Crippen LogP contribution in [0.2, 0.25) is 0 Å². The van der Waals surface area contributed by atoms with Gasteiger partial charge < -0.3 is 10.0 Å². The van der Waals surface area contributed by atoms with Gasteiger partial charge in [-0.1, -0.05) is 0 Å². The summed E-state index contributed by atoms with van der Waals surface area (Å²) in [5.41, 5.74) is -0.291. The number of aliphatic hydroxyl groups excluding tert-OH is 1. The van der Waals surface area contributed by atoms with Crippen LogP contribution in [0.3, 0.4) is 0 Å². The molecule has 0 bridgehead atoms. The zero-order valence-corrected chi connectivity index (χ0v) is 11.4. The Hall–Kier alpha value is -2.22. The Labute approximate surface area is 115 Å². The first-order valence-corrected chi connectivity index (χ1v) is 6.18. The van der Waals surface area contributed by atoms with Gasteiger partial charge in [0, 0.05) is 25.3 Å². The van der Waals surface area contributed by atoms with Gasteiger partial charge in [0.05, 0.1) is 15.9 Å². The highest BCUT2D eigenvalue weighted by molar-refractivity contribution is 5.67. The zero-order valence-electron chi connectivity index (χ0n) is 11.4. The molecule has 0 aromatic heterocycles. The molecule has 20 heavy (non-hydrogen) atoms. The number of aliphatic hydroxyl groups is 1. The lowest BCUT2D eigenvalue weighted by atomic mass is 10.1. The maximum absolute atomic E-state index is 11.1. The SMILES string of the molecule is CC(C)N(CCCO)c1ccc([N+](=O)[O-])cc1[N+](=O)[O-]. The van der Waals surface area contributed by atoms with Gasteiger partial charge in [-0.05, 0) is 26.3 Å². The maximum atomic E-state index is 11.1. The predicted molar refractivity (Wildman–Crippen MR) is 73.9 cm³/mol. The Kier molecular flexibility index (Phi) is 5.39. The number of non-ortho nitro benzene ring substituents is 1. The van der Waals surface area contributed by atoms with E-state index in [2.05, 4.69) is 0 Å². The summed E-state index contributed by atoms with van der Waals surface area (Å²) in [5.74, 6) is 0. The van der Waals surface area contributed by atoms with E-state index in [0.29, 0.717) is 18.7 Å². The molecule has 0 aliphatic heterocycles. The van der Waals surface area contributed by atoms with E-state index in [1.54, 1.807) is 4.90 Å². The summed E-state index contributed by atoms with van der Waals surface area (Å²) >= 11 is 0. The van der Waals surface area contributed by atoms with Gasteiger partial charge in [0.25, 0.3) is 11.4 Å². The number of hydrogen-bond donors (Lipinski definition) is 1. The fraction of sp³-hybridized carbons (Fsp3) is 0.500. The molecule has 0 saturated carbocycles. The summed E-state index contributed by atoms with van der Waals surface area (Å²) in [6, 6.07) is 3.57. The maximum Gasteiger partial charge on any atom is 0.299 e. The van der Waals surface area contributed by atoms with Crippen LogP contribution >= 0.6 is 0 Å².